The zero-order valence-electron chi connectivity index (χ0n) is 10.7. The van der Waals surface area contributed by atoms with Crippen molar-refractivity contribution < 1.29 is 14.3 Å². The Balaban J connectivity index is 2.39. The second-order valence-electron chi connectivity index (χ2n) is 4.45. The minimum Gasteiger partial charge on any atom is -0.465 e. The van der Waals surface area contributed by atoms with E-state index in [0.29, 0.717) is 13.0 Å². The van der Waals surface area contributed by atoms with Gasteiger partial charge in [0.2, 0.25) is 0 Å². The molecular formula is C13H16BNO3. The summed E-state index contributed by atoms with van der Waals surface area (Å²) in [5, 5.41) is 0. The van der Waals surface area contributed by atoms with Crippen LogP contribution in [0.15, 0.2) is 18.2 Å². The van der Waals surface area contributed by atoms with Crippen LogP contribution in [0.1, 0.15) is 34.5 Å². The van der Waals surface area contributed by atoms with E-state index in [1.807, 2.05) is 12.1 Å². The van der Waals surface area contributed by atoms with Gasteiger partial charge in [-0.3, -0.25) is 0 Å². The second kappa shape index (κ2) is 5.35. The van der Waals surface area contributed by atoms with Crippen molar-refractivity contribution in [2.45, 2.75) is 19.4 Å². The molecule has 0 aliphatic carbocycles. The molecule has 0 saturated heterocycles. The molecule has 4 nitrogen and oxygen atoms in total. The van der Waals surface area contributed by atoms with Crippen LogP contribution in [0, 0.1) is 0 Å². The highest BCUT2D eigenvalue weighted by atomic mass is 16.5. The third-order valence-corrected chi connectivity index (χ3v) is 3.57. The van der Waals surface area contributed by atoms with Crippen LogP contribution < -0.4 is 0 Å². The summed E-state index contributed by atoms with van der Waals surface area (Å²) in [5.74, 6) is -0.289. The summed E-state index contributed by atoms with van der Waals surface area (Å²) in [6.45, 7) is 2.85. The number of nitrogens with zero attached hydrogens (tertiary/aromatic N) is 1. The summed E-state index contributed by atoms with van der Waals surface area (Å²) in [7, 11) is 1.83. The van der Waals surface area contributed by atoms with Crippen molar-refractivity contribution in [2.75, 3.05) is 13.7 Å². The molecule has 18 heavy (non-hydrogen) atoms. The third-order valence-electron chi connectivity index (χ3n) is 3.57. The van der Waals surface area contributed by atoms with Gasteiger partial charge in [-0.15, -0.1) is 0 Å². The van der Waals surface area contributed by atoms with E-state index >= 15 is 0 Å². The zero-order valence-corrected chi connectivity index (χ0v) is 10.7. The molecule has 2 rings (SSSR count). The predicted molar refractivity (Wildman–Crippen MR) is 70.5 cm³/mol. The molecule has 1 aromatic carbocycles. The molecule has 1 atom stereocenters. The predicted octanol–water partition coefficient (Wildman–Crippen LogP) is 0.934. The Bertz CT molecular complexity index is 475. The first-order valence-corrected chi connectivity index (χ1v) is 6.06. The highest BCUT2D eigenvalue weighted by Gasteiger charge is 2.27. The molecule has 0 radical (unpaired) electrons. The quantitative estimate of drug-likeness (QED) is 0.451. The van der Waals surface area contributed by atoms with Crippen molar-refractivity contribution in [1.82, 2.24) is 4.81 Å². The fourth-order valence-corrected chi connectivity index (χ4v) is 2.57. The molecule has 0 aromatic heterocycles. The number of hydrogen-bond acceptors (Lipinski definition) is 4. The number of carbonyl (C=O) groups is 2. The number of rotatable bonds is 3. The van der Waals surface area contributed by atoms with E-state index in [0.717, 1.165) is 30.3 Å². The molecule has 0 N–H and O–H groups in total. The lowest BCUT2D eigenvalue weighted by molar-refractivity contribution is 0.0598. The first-order valence-electron chi connectivity index (χ1n) is 6.06. The van der Waals surface area contributed by atoms with E-state index < -0.39 is 0 Å². The maximum absolute atomic E-state index is 11.7. The standard InChI is InChI=1S/C13H16BNO3/c1-9-10-4-3-5-12(13(17)18-2)11(10)6-7-15(9)14-8-16/h3-5,8-9,14H,6-7H2,1-2H3/t9-/m0/s1. The molecule has 0 bridgehead atoms. The van der Waals surface area contributed by atoms with Gasteiger partial charge in [-0.05, 0) is 37.1 Å². The van der Waals surface area contributed by atoms with Crippen LogP contribution in [0.4, 0.5) is 0 Å². The topological polar surface area (TPSA) is 46.6 Å². The highest BCUT2D eigenvalue weighted by molar-refractivity contribution is 6.64. The van der Waals surface area contributed by atoms with Crippen LogP contribution in [0.2, 0.25) is 0 Å². The van der Waals surface area contributed by atoms with Gasteiger partial charge in [0.15, 0.2) is 0 Å². The summed E-state index contributed by atoms with van der Waals surface area (Å²) < 4.78 is 4.80. The van der Waals surface area contributed by atoms with Crippen LogP contribution in [0.5, 0.6) is 0 Å². The molecule has 0 fully saturated rings. The second-order valence-corrected chi connectivity index (χ2v) is 4.45. The Morgan fingerprint density at radius 3 is 3.00 bits per heavy atom. The molecule has 5 heteroatoms. The summed E-state index contributed by atoms with van der Waals surface area (Å²) >= 11 is 0. The van der Waals surface area contributed by atoms with Crippen LogP contribution in [0.25, 0.3) is 0 Å². The van der Waals surface area contributed by atoms with Gasteiger partial charge in [0.1, 0.15) is 0 Å². The molecule has 1 heterocycles. The van der Waals surface area contributed by atoms with E-state index in [4.69, 9.17) is 4.74 Å². The van der Waals surface area contributed by atoms with Gasteiger partial charge < -0.3 is 14.3 Å². The molecule has 1 aliphatic heterocycles. The minimum absolute atomic E-state index is 0.156. The third kappa shape index (κ3) is 2.18. The molecule has 0 spiro atoms. The maximum atomic E-state index is 11.7. The Hall–Kier alpha value is -1.62. The van der Waals surface area contributed by atoms with Crippen LogP contribution >= 0.6 is 0 Å². The number of benzene rings is 1. The van der Waals surface area contributed by atoms with Gasteiger partial charge in [-0.1, -0.05) is 12.1 Å². The van der Waals surface area contributed by atoms with Crippen molar-refractivity contribution in [3.8, 4) is 0 Å². The van der Waals surface area contributed by atoms with Gasteiger partial charge in [0.25, 0.3) is 7.41 Å². The monoisotopic (exact) mass is 245 g/mol. The average Bonchev–Trinajstić information content (AvgIpc) is 2.41. The lowest BCUT2D eigenvalue weighted by Gasteiger charge is -2.34. The Morgan fingerprint density at radius 1 is 1.56 bits per heavy atom. The summed E-state index contributed by atoms with van der Waals surface area (Å²) in [5.41, 5.74) is 2.82. The summed E-state index contributed by atoms with van der Waals surface area (Å²) in [6.07, 6.45) is 1.70. The van der Waals surface area contributed by atoms with E-state index in [1.165, 1.54) is 7.11 Å². The van der Waals surface area contributed by atoms with Crippen LogP contribution in [0.3, 0.4) is 0 Å². The maximum Gasteiger partial charge on any atom is 0.338 e. The first-order chi connectivity index (χ1) is 8.69. The largest absolute Gasteiger partial charge is 0.465 e. The van der Waals surface area contributed by atoms with Crippen LogP contribution in [-0.4, -0.2) is 38.0 Å². The van der Waals surface area contributed by atoms with Gasteiger partial charge in [0.05, 0.1) is 18.9 Å². The number of methoxy groups -OCH3 is 1. The molecule has 0 saturated carbocycles. The molecule has 1 aliphatic rings. The highest BCUT2D eigenvalue weighted by Crippen LogP contribution is 2.30. The smallest absolute Gasteiger partial charge is 0.338 e. The zero-order chi connectivity index (χ0) is 13.1. The molecule has 0 unspecified atom stereocenters. The molecular weight excluding hydrogens is 229 g/mol. The van der Waals surface area contributed by atoms with Gasteiger partial charge in [0, 0.05) is 6.04 Å². The van der Waals surface area contributed by atoms with Gasteiger partial charge in [-0.2, -0.15) is 0 Å². The average molecular weight is 245 g/mol. The van der Waals surface area contributed by atoms with Gasteiger partial charge in [-0.25, -0.2) is 4.79 Å². The van der Waals surface area contributed by atoms with Crippen LogP contribution in [-0.2, 0) is 16.0 Å². The molecule has 1 aromatic rings. The van der Waals surface area contributed by atoms with E-state index in [2.05, 4.69) is 11.7 Å². The first kappa shape index (κ1) is 12.8. The summed E-state index contributed by atoms with van der Waals surface area (Å²) in [4.78, 5) is 24.5. The number of hydrogen-bond donors (Lipinski definition) is 0. The lowest BCUT2D eigenvalue weighted by atomic mass is 9.82. The number of esters is 1. The van der Waals surface area contributed by atoms with Gasteiger partial charge >= 0.3 is 5.97 Å². The van der Waals surface area contributed by atoms with Crippen molar-refractivity contribution in [2.24, 2.45) is 0 Å². The Kier molecular flexibility index (Phi) is 3.82. The van der Waals surface area contributed by atoms with E-state index in [-0.39, 0.29) is 12.0 Å². The fourth-order valence-electron chi connectivity index (χ4n) is 2.57. The fraction of sp³-hybridized carbons (Fsp3) is 0.385. The minimum atomic E-state index is -0.289. The number of carbonyl (C=O) groups excluding carboxylic acids is 2. The SMILES string of the molecule is COC(=O)c1cccc2c1CCN(BC=O)[C@H]2C. The normalized spacial score (nSPS) is 18.9. The Labute approximate surface area is 107 Å². The molecule has 94 valence electrons. The van der Waals surface area contributed by atoms with Crippen molar-refractivity contribution in [3.63, 3.8) is 0 Å². The van der Waals surface area contributed by atoms with E-state index in [9.17, 15) is 9.59 Å². The lowest BCUT2D eigenvalue weighted by Crippen LogP contribution is -2.38. The Morgan fingerprint density at radius 2 is 2.33 bits per heavy atom. The van der Waals surface area contributed by atoms with Crippen molar-refractivity contribution in [1.29, 1.82) is 0 Å². The number of fused-ring (bicyclic) bond motifs is 1. The summed E-state index contributed by atoms with van der Waals surface area (Å²) in [6, 6.07) is 5.84. The molecule has 0 amide bonds. The van der Waals surface area contributed by atoms with E-state index in [1.54, 1.807) is 6.07 Å². The number of ether oxygens (including phenoxy) is 1. The van der Waals surface area contributed by atoms with Crippen molar-refractivity contribution >= 4 is 19.6 Å². The van der Waals surface area contributed by atoms with Crippen molar-refractivity contribution in [3.05, 3.63) is 34.9 Å².